The maximum Gasteiger partial charge on any atom is 0.0541 e. The number of hydrogen-bond donors (Lipinski definition) is 0. The van der Waals surface area contributed by atoms with Crippen LogP contribution in [0, 0.1) is 0 Å². The van der Waals surface area contributed by atoms with Crippen molar-refractivity contribution >= 4 is 108 Å². The molecule has 1 heterocycles. The lowest BCUT2D eigenvalue weighted by molar-refractivity contribution is 1.20. The van der Waals surface area contributed by atoms with E-state index in [0.29, 0.717) is 0 Å². The molecule has 65 heavy (non-hydrogen) atoms. The molecule has 0 N–H and O–H groups in total. The monoisotopic (exact) mass is 817 g/mol. The minimum atomic E-state index is 1.21. The molecule has 14 aromatic carbocycles. The highest BCUT2D eigenvalue weighted by Crippen LogP contribution is 2.58. The summed E-state index contributed by atoms with van der Waals surface area (Å²) in [5.74, 6) is 0. The summed E-state index contributed by atoms with van der Waals surface area (Å²) in [6.45, 7) is 0. The Morgan fingerprint density at radius 2 is 0.692 bits per heavy atom. The first-order chi connectivity index (χ1) is 32.3. The predicted molar refractivity (Wildman–Crippen MR) is 279 cm³/mol. The van der Waals surface area contributed by atoms with E-state index in [9.17, 15) is 0 Å². The van der Waals surface area contributed by atoms with E-state index in [4.69, 9.17) is 0 Å². The fraction of sp³-hybridized carbons (Fsp3) is 0. The quantitative estimate of drug-likeness (QED) is 0.167. The van der Waals surface area contributed by atoms with Gasteiger partial charge in [0.15, 0.2) is 0 Å². The van der Waals surface area contributed by atoms with Gasteiger partial charge in [0.2, 0.25) is 0 Å². The fourth-order valence-electron chi connectivity index (χ4n) is 12.6. The van der Waals surface area contributed by atoms with Gasteiger partial charge < -0.3 is 4.57 Å². The summed E-state index contributed by atoms with van der Waals surface area (Å²) in [5.41, 5.74) is 14.1. The second-order valence-electron chi connectivity index (χ2n) is 18.2. The minimum absolute atomic E-state index is 1.21. The Kier molecular flexibility index (Phi) is 6.35. The van der Waals surface area contributed by atoms with Gasteiger partial charge in [-0.05, 0) is 168 Å². The second kappa shape index (κ2) is 12.1. The molecule has 0 radical (unpaired) electrons. The molecule has 0 amide bonds. The van der Waals surface area contributed by atoms with Crippen LogP contribution in [0.1, 0.15) is 0 Å². The zero-order chi connectivity index (χ0) is 42.1. The van der Waals surface area contributed by atoms with Gasteiger partial charge in [-0.3, -0.25) is 0 Å². The molecule has 1 nitrogen and oxygen atoms in total. The molecule has 1 aromatic heterocycles. The molecule has 0 aliphatic heterocycles. The largest absolute Gasteiger partial charge is 0.309 e. The summed E-state index contributed by atoms with van der Waals surface area (Å²) in [6.07, 6.45) is 0. The molecule has 1 heteroatoms. The highest BCUT2D eigenvalue weighted by molar-refractivity contribution is 6.44. The molecule has 0 fully saturated rings. The van der Waals surface area contributed by atoms with Gasteiger partial charge in [0.25, 0.3) is 0 Å². The zero-order valence-electron chi connectivity index (χ0n) is 35.2. The van der Waals surface area contributed by atoms with Gasteiger partial charge in [0.1, 0.15) is 0 Å². The Bertz CT molecular complexity index is 4310. The van der Waals surface area contributed by atoms with Crippen molar-refractivity contribution in [2.75, 3.05) is 0 Å². The Hall–Kier alpha value is -8.52. The number of fused-ring (bicyclic) bond motifs is 14. The van der Waals surface area contributed by atoms with Crippen molar-refractivity contribution in [3.05, 3.63) is 212 Å². The van der Waals surface area contributed by atoms with Crippen LogP contribution in [-0.4, -0.2) is 4.57 Å². The molecule has 1 aliphatic rings. The average Bonchev–Trinajstić information content (AvgIpc) is 4.08. The fourth-order valence-corrected chi connectivity index (χ4v) is 12.6. The summed E-state index contributed by atoms with van der Waals surface area (Å²) in [5, 5.41) is 23.6. The van der Waals surface area contributed by atoms with Crippen LogP contribution in [-0.2, 0) is 0 Å². The molecular weight excluding hydrogens is 783 g/mol. The molecule has 0 unspecified atom stereocenters. The SMILES string of the molecule is c1ccc(-c2c3cc4c(cc3c(-c3ccccc3)c3c5ccc6c7c(ccc(c23)c75)-c2cc3ccccc3cc2-6)c2ccc(-n3c5ccccc5c5ccccc53)c3cccc4c32)cc1. The first-order valence-corrected chi connectivity index (χ1v) is 22.8. The summed E-state index contributed by atoms with van der Waals surface area (Å²) < 4.78 is 2.48. The van der Waals surface area contributed by atoms with Crippen LogP contribution in [0.3, 0.4) is 0 Å². The standard InChI is InChI=1S/C64H35N/c1-3-14-36(15-4-1)58-53-34-51-42-22-13-23-46-57(65-55-24-11-9-20-40(55)41-21-10-12-25-56(41)65)31-30-43(60(42)46)52(51)35-54(53)59(37-16-5-2-6-17-37)64-48-29-27-45-50-33-39-19-8-7-18-38(39)32-49(50)44-26-28-47(63(58)64)62(48)61(44)45/h1-35H. The van der Waals surface area contributed by atoms with E-state index >= 15 is 0 Å². The lowest BCUT2D eigenvalue weighted by Gasteiger charge is -2.17. The molecule has 0 bridgehead atoms. The average molecular weight is 818 g/mol. The van der Waals surface area contributed by atoms with Crippen LogP contribution in [0.15, 0.2) is 212 Å². The van der Waals surface area contributed by atoms with Crippen molar-refractivity contribution in [3.63, 3.8) is 0 Å². The number of para-hydroxylation sites is 2. The van der Waals surface area contributed by atoms with E-state index in [-0.39, 0.29) is 0 Å². The highest BCUT2D eigenvalue weighted by Gasteiger charge is 2.30. The maximum atomic E-state index is 2.55. The first-order valence-electron chi connectivity index (χ1n) is 22.8. The zero-order valence-corrected chi connectivity index (χ0v) is 35.2. The van der Waals surface area contributed by atoms with Gasteiger partial charge in [-0.2, -0.15) is 0 Å². The van der Waals surface area contributed by atoms with Gasteiger partial charge in [0.05, 0.1) is 16.7 Å². The van der Waals surface area contributed by atoms with Crippen LogP contribution >= 0.6 is 0 Å². The number of nitrogens with zero attached hydrogens (tertiary/aromatic N) is 1. The highest BCUT2D eigenvalue weighted by atomic mass is 15.0. The number of rotatable bonds is 3. The number of benzene rings is 12. The van der Waals surface area contributed by atoms with E-state index in [1.165, 1.54) is 158 Å². The summed E-state index contributed by atoms with van der Waals surface area (Å²) in [4.78, 5) is 0. The van der Waals surface area contributed by atoms with Gasteiger partial charge in [0, 0.05) is 16.2 Å². The molecule has 15 aromatic rings. The Morgan fingerprint density at radius 3 is 1.26 bits per heavy atom. The lowest BCUT2D eigenvalue weighted by Crippen LogP contribution is -1.95. The van der Waals surface area contributed by atoms with E-state index in [0.717, 1.165) is 0 Å². The Balaban J connectivity index is 1.07. The number of hydrogen-bond acceptors (Lipinski definition) is 0. The molecule has 0 spiro atoms. The van der Waals surface area contributed by atoms with Crippen LogP contribution in [0.25, 0.3) is 158 Å². The normalized spacial score (nSPS) is 12.6. The predicted octanol–water partition coefficient (Wildman–Crippen LogP) is 17.9. The summed E-state index contributed by atoms with van der Waals surface area (Å²) >= 11 is 0. The van der Waals surface area contributed by atoms with E-state index in [1.807, 2.05) is 0 Å². The third kappa shape index (κ3) is 4.24. The third-order valence-electron chi connectivity index (χ3n) is 15.2. The van der Waals surface area contributed by atoms with Crippen molar-refractivity contribution in [2.24, 2.45) is 0 Å². The van der Waals surface area contributed by atoms with Crippen molar-refractivity contribution in [3.8, 4) is 50.2 Å². The topological polar surface area (TPSA) is 4.93 Å². The van der Waals surface area contributed by atoms with Crippen LogP contribution in [0.4, 0.5) is 0 Å². The Labute approximate surface area is 373 Å². The van der Waals surface area contributed by atoms with Gasteiger partial charge in [-0.25, -0.2) is 0 Å². The van der Waals surface area contributed by atoms with Crippen molar-refractivity contribution in [1.29, 1.82) is 0 Å². The maximum absolute atomic E-state index is 2.55. The van der Waals surface area contributed by atoms with Gasteiger partial charge in [-0.1, -0.05) is 170 Å². The van der Waals surface area contributed by atoms with Crippen molar-refractivity contribution < 1.29 is 0 Å². The summed E-state index contributed by atoms with van der Waals surface area (Å²) in [6, 6.07) is 80.2. The molecule has 0 saturated carbocycles. The Morgan fingerprint density at radius 1 is 0.231 bits per heavy atom. The van der Waals surface area contributed by atoms with Crippen LogP contribution in [0.2, 0.25) is 0 Å². The van der Waals surface area contributed by atoms with E-state index < -0.39 is 0 Å². The molecule has 296 valence electrons. The van der Waals surface area contributed by atoms with Crippen molar-refractivity contribution in [2.45, 2.75) is 0 Å². The molecule has 0 atom stereocenters. The second-order valence-corrected chi connectivity index (χ2v) is 18.2. The van der Waals surface area contributed by atoms with Crippen LogP contribution in [0.5, 0.6) is 0 Å². The number of aromatic nitrogens is 1. The first kappa shape index (κ1) is 34.0. The van der Waals surface area contributed by atoms with Crippen molar-refractivity contribution in [1.82, 2.24) is 4.57 Å². The van der Waals surface area contributed by atoms with E-state index in [1.54, 1.807) is 0 Å². The van der Waals surface area contributed by atoms with E-state index in [2.05, 4.69) is 217 Å². The lowest BCUT2D eigenvalue weighted by atomic mass is 9.85. The molecule has 16 rings (SSSR count). The summed E-state index contributed by atoms with van der Waals surface area (Å²) in [7, 11) is 0. The minimum Gasteiger partial charge on any atom is -0.309 e. The van der Waals surface area contributed by atoms with Gasteiger partial charge in [-0.15, -0.1) is 0 Å². The van der Waals surface area contributed by atoms with Crippen LogP contribution < -0.4 is 0 Å². The van der Waals surface area contributed by atoms with Gasteiger partial charge >= 0.3 is 0 Å². The smallest absolute Gasteiger partial charge is 0.0541 e. The molecule has 1 aliphatic carbocycles. The third-order valence-corrected chi connectivity index (χ3v) is 15.2. The molecule has 0 saturated heterocycles. The molecular formula is C64H35N.